The second-order valence-corrected chi connectivity index (χ2v) is 5.73. The minimum atomic E-state index is 1.12. The van der Waals surface area contributed by atoms with E-state index in [-0.39, 0.29) is 0 Å². The van der Waals surface area contributed by atoms with Gasteiger partial charge in [-0.25, -0.2) is 0 Å². The first kappa shape index (κ1) is 12.2. The van der Waals surface area contributed by atoms with E-state index in [2.05, 4.69) is 75.0 Å². The Bertz CT molecular complexity index is 567. The summed E-state index contributed by atoms with van der Waals surface area (Å²) in [5, 5.41) is 5.57. The minimum absolute atomic E-state index is 1.12. The zero-order chi connectivity index (χ0) is 11.4. The standard InChI is InChI=1S/C13H9IS2/c1-15-13-9-11-5-3-2-4-10(11)8-12(13)6-7-16-14/h2-5,8-9H,1H3. The highest BCUT2D eigenvalue weighted by atomic mass is 127. The van der Waals surface area contributed by atoms with E-state index < -0.39 is 0 Å². The number of fused-ring (bicyclic) bond motifs is 1. The van der Waals surface area contributed by atoms with Gasteiger partial charge in [-0.05, 0) is 43.3 Å². The van der Waals surface area contributed by atoms with Crippen molar-refractivity contribution in [1.82, 2.24) is 0 Å². The van der Waals surface area contributed by atoms with E-state index >= 15 is 0 Å². The number of thioether (sulfide) groups is 1. The molecule has 0 atom stereocenters. The molecule has 0 aliphatic rings. The van der Waals surface area contributed by atoms with Crippen molar-refractivity contribution in [3.05, 3.63) is 42.0 Å². The largest absolute Gasteiger partial charge is 0.128 e. The van der Waals surface area contributed by atoms with Gasteiger partial charge in [0.25, 0.3) is 0 Å². The summed E-state index contributed by atoms with van der Waals surface area (Å²) in [6, 6.07) is 12.8. The van der Waals surface area contributed by atoms with Crippen molar-refractivity contribution in [3.8, 4) is 11.2 Å². The predicted octanol–water partition coefficient (Wildman–Crippen LogP) is 4.95. The van der Waals surface area contributed by atoms with Crippen molar-refractivity contribution in [2.75, 3.05) is 6.26 Å². The molecule has 0 aromatic heterocycles. The molecule has 3 heteroatoms. The van der Waals surface area contributed by atoms with Crippen LogP contribution in [0.1, 0.15) is 5.56 Å². The molecule has 0 spiro atoms. The smallest absolute Gasteiger partial charge is 0.0396 e. The zero-order valence-electron chi connectivity index (χ0n) is 8.66. The molecule has 2 aromatic carbocycles. The van der Waals surface area contributed by atoms with E-state index in [1.54, 1.807) is 11.8 Å². The highest BCUT2D eigenvalue weighted by Gasteiger charge is 2.01. The van der Waals surface area contributed by atoms with Crippen molar-refractivity contribution in [2.24, 2.45) is 0 Å². The quantitative estimate of drug-likeness (QED) is 0.403. The number of hydrogen-bond donors (Lipinski definition) is 0. The third-order valence-electron chi connectivity index (χ3n) is 2.29. The van der Waals surface area contributed by atoms with Gasteiger partial charge in [-0.2, -0.15) is 0 Å². The van der Waals surface area contributed by atoms with Crippen LogP contribution in [0.4, 0.5) is 0 Å². The molecule has 2 rings (SSSR count). The summed E-state index contributed by atoms with van der Waals surface area (Å²) in [5.74, 6) is 3.19. The Balaban J connectivity index is 2.62. The molecule has 0 saturated heterocycles. The van der Waals surface area contributed by atoms with Crippen LogP contribution in [0, 0.1) is 11.2 Å². The number of halogens is 1. The van der Waals surface area contributed by atoms with Gasteiger partial charge in [0, 0.05) is 31.7 Å². The molecule has 0 heterocycles. The van der Waals surface area contributed by atoms with Gasteiger partial charge < -0.3 is 0 Å². The summed E-state index contributed by atoms with van der Waals surface area (Å²) in [7, 11) is 1.52. The van der Waals surface area contributed by atoms with E-state index in [0.717, 1.165) is 5.56 Å². The lowest BCUT2D eigenvalue weighted by Gasteiger charge is -2.04. The van der Waals surface area contributed by atoms with Crippen molar-refractivity contribution in [2.45, 2.75) is 4.90 Å². The van der Waals surface area contributed by atoms with Gasteiger partial charge in [-0.15, -0.1) is 11.8 Å². The molecule has 0 fully saturated rings. The molecule has 0 aliphatic carbocycles. The van der Waals surface area contributed by atoms with Crippen LogP contribution in [0.3, 0.4) is 0 Å². The monoisotopic (exact) mass is 356 g/mol. The van der Waals surface area contributed by atoms with Gasteiger partial charge in [0.05, 0.1) is 0 Å². The van der Waals surface area contributed by atoms with E-state index in [4.69, 9.17) is 0 Å². The van der Waals surface area contributed by atoms with Crippen molar-refractivity contribution >= 4 is 52.7 Å². The van der Waals surface area contributed by atoms with Crippen molar-refractivity contribution in [3.63, 3.8) is 0 Å². The van der Waals surface area contributed by atoms with E-state index in [0.29, 0.717) is 0 Å². The maximum absolute atomic E-state index is 3.19. The van der Waals surface area contributed by atoms with Crippen LogP contribution in [-0.4, -0.2) is 6.26 Å². The summed E-state index contributed by atoms with van der Waals surface area (Å²) in [4.78, 5) is 1.25. The average molecular weight is 356 g/mol. The molecular weight excluding hydrogens is 347 g/mol. The van der Waals surface area contributed by atoms with Gasteiger partial charge in [-0.1, -0.05) is 30.2 Å². The third-order valence-corrected chi connectivity index (χ3v) is 3.91. The number of rotatable bonds is 1. The maximum Gasteiger partial charge on any atom is 0.0396 e. The van der Waals surface area contributed by atoms with E-state index in [9.17, 15) is 0 Å². The summed E-state index contributed by atoms with van der Waals surface area (Å²) >= 11 is 3.94. The van der Waals surface area contributed by atoms with Gasteiger partial charge in [0.2, 0.25) is 0 Å². The molecule has 0 bridgehead atoms. The Hall–Kier alpha value is -0.310. The summed E-state index contributed by atoms with van der Waals surface area (Å²) in [5.41, 5.74) is 1.12. The molecule has 0 radical (unpaired) electrons. The van der Waals surface area contributed by atoms with Gasteiger partial charge in [-0.3, -0.25) is 0 Å². The highest BCUT2D eigenvalue weighted by molar-refractivity contribution is 14.2. The molecule has 0 N–H and O–H groups in total. The second kappa shape index (κ2) is 5.85. The van der Waals surface area contributed by atoms with Crippen LogP contribution >= 0.6 is 41.9 Å². The van der Waals surface area contributed by atoms with Gasteiger partial charge >= 0.3 is 0 Å². The fourth-order valence-corrected chi connectivity index (χ4v) is 2.61. The molecule has 0 aliphatic heterocycles. The average Bonchev–Trinajstić information content (AvgIpc) is 2.35. The Labute approximate surface area is 116 Å². The third kappa shape index (κ3) is 2.68. The first-order valence-electron chi connectivity index (χ1n) is 4.70. The van der Waals surface area contributed by atoms with Crippen LogP contribution < -0.4 is 0 Å². The molecular formula is C13H9IS2. The van der Waals surface area contributed by atoms with Crippen molar-refractivity contribution < 1.29 is 0 Å². The SMILES string of the molecule is CSc1cc2ccccc2cc1C#CSI. The topological polar surface area (TPSA) is 0 Å². The lowest BCUT2D eigenvalue weighted by atomic mass is 10.1. The predicted molar refractivity (Wildman–Crippen MR) is 84.2 cm³/mol. The second-order valence-electron chi connectivity index (χ2n) is 3.20. The lowest BCUT2D eigenvalue weighted by Crippen LogP contribution is -1.82. The summed E-state index contributed by atoms with van der Waals surface area (Å²) in [6.45, 7) is 0. The Kier molecular flexibility index (Phi) is 4.45. The van der Waals surface area contributed by atoms with Crippen molar-refractivity contribution in [1.29, 1.82) is 0 Å². The van der Waals surface area contributed by atoms with Gasteiger partial charge in [0.15, 0.2) is 0 Å². The maximum atomic E-state index is 3.19. The molecule has 80 valence electrons. The van der Waals surface area contributed by atoms with Crippen LogP contribution in [0.15, 0.2) is 41.3 Å². The number of benzene rings is 2. The summed E-state index contributed by atoms with van der Waals surface area (Å²) < 4.78 is 0. The van der Waals surface area contributed by atoms with E-state index in [1.165, 1.54) is 24.6 Å². The zero-order valence-corrected chi connectivity index (χ0v) is 12.4. The fraction of sp³-hybridized carbons (Fsp3) is 0.0769. The van der Waals surface area contributed by atoms with Crippen LogP contribution in [0.2, 0.25) is 0 Å². The fourth-order valence-electron chi connectivity index (χ4n) is 1.56. The Morgan fingerprint density at radius 3 is 2.44 bits per heavy atom. The normalized spacial score (nSPS) is 9.88. The van der Waals surface area contributed by atoms with E-state index in [1.807, 2.05) is 0 Å². The Morgan fingerprint density at radius 1 is 1.12 bits per heavy atom. The number of hydrogen-bond acceptors (Lipinski definition) is 2. The van der Waals surface area contributed by atoms with Crippen LogP contribution in [-0.2, 0) is 0 Å². The van der Waals surface area contributed by atoms with Gasteiger partial charge in [0.1, 0.15) is 0 Å². The molecule has 2 aromatic rings. The molecule has 0 saturated carbocycles. The highest BCUT2D eigenvalue weighted by Crippen LogP contribution is 2.26. The molecule has 16 heavy (non-hydrogen) atoms. The first-order valence-corrected chi connectivity index (χ1v) is 9.29. The minimum Gasteiger partial charge on any atom is -0.128 e. The van der Waals surface area contributed by atoms with Crippen LogP contribution in [0.5, 0.6) is 0 Å². The van der Waals surface area contributed by atoms with Crippen LogP contribution in [0.25, 0.3) is 10.8 Å². The first-order chi connectivity index (χ1) is 7.85. The molecule has 0 amide bonds. The molecule has 0 unspecified atom stereocenters. The Morgan fingerprint density at radius 2 is 1.81 bits per heavy atom. The summed E-state index contributed by atoms with van der Waals surface area (Å²) in [6.07, 6.45) is 2.09. The molecule has 0 nitrogen and oxygen atoms in total. The lowest BCUT2D eigenvalue weighted by molar-refractivity contribution is 1.46.